The maximum atomic E-state index is 9.81. The molecule has 5 aromatic carbocycles. The van der Waals surface area contributed by atoms with E-state index in [1.165, 1.54) is 39.3 Å². The van der Waals surface area contributed by atoms with E-state index in [0.29, 0.717) is 5.56 Å². The topological polar surface area (TPSA) is 30.3 Å². The van der Waals surface area contributed by atoms with E-state index in [1.807, 2.05) is 6.07 Å². The van der Waals surface area contributed by atoms with Gasteiger partial charge in [0.15, 0.2) is 0 Å². The maximum absolute atomic E-state index is 9.81. The second kappa shape index (κ2) is 8.85. The zero-order valence-electron chi connectivity index (χ0n) is 24.2. The molecule has 0 atom stereocenters. The Morgan fingerprint density at radius 1 is 0.512 bits per heavy atom. The van der Waals surface area contributed by atoms with E-state index in [2.05, 4.69) is 154 Å². The van der Waals surface area contributed by atoms with Gasteiger partial charge in [-0.1, -0.05) is 81.8 Å². The van der Waals surface area contributed by atoms with Crippen molar-refractivity contribution in [2.75, 3.05) is 9.80 Å². The van der Waals surface area contributed by atoms with Crippen LogP contribution in [0.25, 0.3) is 0 Å². The maximum Gasteiger partial charge on any atom is 0.0991 e. The van der Waals surface area contributed by atoms with Crippen LogP contribution in [-0.4, -0.2) is 0 Å². The van der Waals surface area contributed by atoms with Crippen molar-refractivity contribution in [2.24, 2.45) is 0 Å². The quantitative estimate of drug-likeness (QED) is 0.227. The van der Waals surface area contributed by atoms with Gasteiger partial charge in [0, 0.05) is 22.2 Å². The van der Waals surface area contributed by atoms with E-state index in [0.717, 1.165) is 22.6 Å². The molecule has 0 aromatic heterocycles. The van der Waals surface area contributed by atoms with Crippen molar-refractivity contribution in [3.05, 3.63) is 143 Å². The summed E-state index contributed by atoms with van der Waals surface area (Å²) in [5.41, 5.74) is 13.4. The molecule has 2 aliphatic heterocycles. The van der Waals surface area contributed by atoms with Crippen LogP contribution in [0.2, 0.25) is 0 Å². The van der Waals surface area contributed by atoms with Crippen molar-refractivity contribution in [2.45, 2.75) is 45.4 Å². The summed E-state index contributed by atoms with van der Waals surface area (Å²) >= 11 is 0. The second-order valence-electron chi connectivity index (χ2n) is 12.3. The first-order chi connectivity index (χ1) is 19.7. The zero-order chi connectivity index (χ0) is 28.5. The molecule has 0 saturated heterocycles. The van der Waals surface area contributed by atoms with E-state index in [-0.39, 0.29) is 10.8 Å². The Hall–Kier alpha value is -4.81. The highest BCUT2D eigenvalue weighted by Gasteiger charge is 2.43. The molecule has 2 heterocycles. The lowest BCUT2D eigenvalue weighted by molar-refractivity contribution is 0.615. The molecule has 200 valence electrons. The van der Waals surface area contributed by atoms with Crippen molar-refractivity contribution in [3.8, 4) is 6.07 Å². The third kappa shape index (κ3) is 3.64. The molecule has 0 spiro atoms. The molecule has 0 unspecified atom stereocenters. The predicted molar refractivity (Wildman–Crippen MR) is 170 cm³/mol. The lowest BCUT2D eigenvalue weighted by atomic mass is 9.68. The van der Waals surface area contributed by atoms with Gasteiger partial charge in [-0.05, 0) is 89.8 Å². The van der Waals surface area contributed by atoms with Crippen LogP contribution in [-0.2, 0) is 10.8 Å². The van der Waals surface area contributed by atoms with Crippen molar-refractivity contribution < 1.29 is 0 Å². The Labute approximate surface area is 242 Å². The Morgan fingerprint density at radius 2 is 0.951 bits per heavy atom. The molecular weight excluding hydrogens is 498 g/mol. The van der Waals surface area contributed by atoms with Crippen molar-refractivity contribution in [1.82, 2.24) is 0 Å². The molecule has 41 heavy (non-hydrogen) atoms. The van der Waals surface area contributed by atoms with Gasteiger partial charge in [0.1, 0.15) is 0 Å². The predicted octanol–water partition coefficient (Wildman–Crippen LogP) is 10.1. The van der Waals surface area contributed by atoms with Crippen LogP contribution in [0.1, 0.15) is 61.1 Å². The Bertz CT molecular complexity index is 1860. The van der Waals surface area contributed by atoms with Gasteiger partial charge in [-0.25, -0.2) is 0 Å². The molecule has 3 heteroatoms. The number of nitrogens with zero attached hydrogens (tertiary/aromatic N) is 3. The van der Waals surface area contributed by atoms with Gasteiger partial charge < -0.3 is 9.80 Å². The fourth-order valence-corrected chi connectivity index (χ4v) is 6.85. The third-order valence-corrected chi connectivity index (χ3v) is 9.08. The smallest absolute Gasteiger partial charge is 0.0991 e. The molecule has 0 bridgehead atoms. The molecule has 7 rings (SSSR count). The highest BCUT2D eigenvalue weighted by atomic mass is 15.2. The van der Waals surface area contributed by atoms with Gasteiger partial charge >= 0.3 is 0 Å². The summed E-state index contributed by atoms with van der Waals surface area (Å²) in [6.07, 6.45) is 0. The molecule has 0 aliphatic carbocycles. The van der Waals surface area contributed by atoms with Crippen LogP contribution in [0, 0.1) is 18.3 Å². The van der Waals surface area contributed by atoms with Crippen LogP contribution in [0.3, 0.4) is 0 Å². The second-order valence-corrected chi connectivity index (χ2v) is 12.3. The fraction of sp³-hybridized carbons (Fsp3) is 0.184. The number of benzene rings is 5. The van der Waals surface area contributed by atoms with Crippen LogP contribution in [0.15, 0.2) is 109 Å². The lowest BCUT2D eigenvalue weighted by Crippen LogP contribution is -2.35. The summed E-state index contributed by atoms with van der Waals surface area (Å²) in [7, 11) is 0. The molecular formula is C38H33N3. The minimum Gasteiger partial charge on any atom is -0.310 e. The van der Waals surface area contributed by atoms with Crippen LogP contribution < -0.4 is 9.80 Å². The molecule has 0 fully saturated rings. The number of fused-ring (bicyclic) bond motifs is 4. The van der Waals surface area contributed by atoms with Crippen LogP contribution >= 0.6 is 0 Å². The minimum atomic E-state index is -0.322. The minimum absolute atomic E-state index is 0.214. The number of rotatable bonds is 2. The molecule has 3 nitrogen and oxygen atoms in total. The van der Waals surface area contributed by atoms with Crippen LogP contribution in [0.4, 0.5) is 34.1 Å². The highest BCUT2D eigenvalue weighted by Crippen LogP contribution is 2.58. The van der Waals surface area contributed by atoms with Gasteiger partial charge in [0.2, 0.25) is 0 Å². The Kier molecular flexibility index (Phi) is 5.43. The number of hydrogen-bond acceptors (Lipinski definition) is 3. The molecule has 0 saturated carbocycles. The molecule has 0 amide bonds. The van der Waals surface area contributed by atoms with Gasteiger partial charge in [-0.2, -0.15) is 5.26 Å². The first kappa shape index (κ1) is 25.2. The van der Waals surface area contributed by atoms with E-state index in [9.17, 15) is 5.26 Å². The fourth-order valence-electron chi connectivity index (χ4n) is 6.85. The average Bonchev–Trinajstić information content (AvgIpc) is 2.98. The van der Waals surface area contributed by atoms with Crippen molar-refractivity contribution >= 4 is 34.1 Å². The average molecular weight is 532 g/mol. The lowest BCUT2D eigenvalue weighted by Gasteiger charge is -2.47. The number of hydrogen-bond donors (Lipinski definition) is 0. The number of nitriles is 1. The highest BCUT2D eigenvalue weighted by molar-refractivity contribution is 5.93. The normalized spacial score (nSPS) is 15.7. The third-order valence-electron chi connectivity index (χ3n) is 9.08. The van der Waals surface area contributed by atoms with E-state index in [4.69, 9.17) is 0 Å². The molecule has 0 N–H and O–H groups in total. The Morgan fingerprint density at radius 3 is 1.44 bits per heavy atom. The van der Waals surface area contributed by atoms with Gasteiger partial charge in [-0.15, -0.1) is 0 Å². The van der Waals surface area contributed by atoms with E-state index < -0.39 is 0 Å². The van der Waals surface area contributed by atoms with Gasteiger partial charge in [-0.3, -0.25) is 0 Å². The largest absolute Gasteiger partial charge is 0.310 e. The van der Waals surface area contributed by atoms with Crippen molar-refractivity contribution in [1.29, 1.82) is 5.26 Å². The first-order valence-electron chi connectivity index (χ1n) is 14.3. The SMILES string of the molecule is Cc1ccc2c(c1)C(C)(C)c1cc3c(cc1N2c1ccccc1)C(C)(C)c1cc(C#N)ccc1N3c1ccccc1. The summed E-state index contributed by atoms with van der Waals surface area (Å²) in [6.45, 7) is 11.5. The monoisotopic (exact) mass is 531 g/mol. The van der Waals surface area contributed by atoms with Crippen LogP contribution in [0.5, 0.6) is 0 Å². The number of aryl methyl sites for hydroxylation is 1. The summed E-state index contributed by atoms with van der Waals surface area (Å²) in [4.78, 5) is 4.81. The van der Waals surface area contributed by atoms with E-state index in [1.54, 1.807) is 0 Å². The molecule has 5 aromatic rings. The standard InChI is InChI=1S/C38H33N3/c1-25-16-18-33-29(20-25)37(2,3)31-22-36-32(23-35(31)40(33)27-12-8-6-9-13-27)38(4,5)30-21-26(24-39)17-19-34(30)41(36)28-14-10-7-11-15-28/h6-23H,1-5H3. The van der Waals surface area contributed by atoms with E-state index >= 15 is 0 Å². The molecule has 0 radical (unpaired) electrons. The van der Waals surface area contributed by atoms with Gasteiger partial charge in [0.25, 0.3) is 0 Å². The summed E-state index contributed by atoms with van der Waals surface area (Å²) in [6, 6.07) is 41.5. The van der Waals surface area contributed by atoms with Crippen molar-refractivity contribution in [3.63, 3.8) is 0 Å². The summed E-state index contributed by atoms with van der Waals surface area (Å²) in [5, 5.41) is 9.81. The van der Waals surface area contributed by atoms with Gasteiger partial charge in [0.05, 0.1) is 34.4 Å². The summed E-state index contributed by atoms with van der Waals surface area (Å²) < 4.78 is 0. The molecule has 2 aliphatic rings. The Balaban J connectivity index is 1.58. The zero-order valence-corrected chi connectivity index (χ0v) is 24.2. The number of anilines is 6. The number of para-hydroxylation sites is 2. The first-order valence-corrected chi connectivity index (χ1v) is 14.3. The summed E-state index contributed by atoms with van der Waals surface area (Å²) in [5.74, 6) is 0.